The molecule has 1 fully saturated rings. The molecular weight excluding hydrogens is 184 g/mol. The summed E-state index contributed by atoms with van der Waals surface area (Å²) in [6.45, 7) is 7.49. The molecule has 82 valence electrons. The summed E-state index contributed by atoms with van der Waals surface area (Å²) in [4.78, 5) is 0. The SMILES string of the molecule is CCCOC1CC1(C)c1ccc(C)cc1. The highest BCUT2D eigenvalue weighted by molar-refractivity contribution is 5.35. The Balaban J connectivity index is 2.03. The second-order valence-corrected chi connectivity index (χ2v) is 4.85. The molecule has 0 saturated heterocycles. The predicted molar refractivity (Wildman–Crippen MR) is 63.2 cm³/mol. The maximum atomic E-state index is 5.80. The zero-order valence-electron chi connectivity index (χ0n) is 9.92. The summed E-state index contributed by atoms with van der Waals surface area (Å²) in [5, 5.41) is 0. The first kappa shape index (κ1) is 10.7. The molecule has 1 heteroatoms. The third kappa shape index (κ3) is 2.07. The van der Waals surface area contributed by atoms with Crippen molar-refractivity contribution in [2.24, 2.45) is 0 Å². The lowest BCUT2D eigenvalue weighted by Gasteiger charge is -2.12. The minimum atomic E-state index is 0.281. The van der Waals surface area contributed by atoms with Gasteiger partial charge in [-0.15, -0.1) is 0 Å². The van der Waals surface area contributed by atoms with Crippen LogP contribution < -0.4 is 0 Å². The highest BCUT2D eigenvalue weighted by Gasteiger charge is 2.52. The molecule has 0 aliphatic heterocycles. The van der Waals surface area contributed by atoms with E-state index in [1.807, 2.05) is 0 Å². The van der Waals surface area contributed by atoms with E-state index >= 15 is 0 Å². The van der Waals surface area contributed by atoms with Crippen LogP contribution in [0.25, 0.3) is 0 Å². The fourth-order valence-corrected chi connectivity index (χ4v) is 2.07. The maximum absolute atomic E-state index is 5.80. The minimum Gasteiger partial charge on any atom is -0.377 e. The zero-order valence-corrected chi connectivity index (χ0v) is 9.92. The van der Waals surface area contributed by atoms with Crippen molar-refractivity contribution in [2.45, 2.75) is 45.1 Å². The number of aryl methyl sites for hydroxylation is 1. The molecule has 0 spiro atoms. The average Bonchev–Trinajstić information content (AvgIpc) is 2.89. The molecule has 0 N–H and O–H groups in total. The van der Waals surface area contributed by atoms with Crippen molar-refractivity contribution in [2.75, 3.05) is 6.61 Å². The minimum absolute atomic E-state index is 0.281. The van der Waals surface area contributed by atoms with Crippen molar-refractivity contribution in [3.8, 4) is 0 Å². The van der Waals surface area contributed by atoms with E-state index in [2.05, 4.69) is 45.0 Å². The van der Waals surface area contributed by atoms with Gasteiger partial charge in [0.15, 0.2) is 0 Å². The summed E-state index contributed by atoms with van der Waals surface area (Å²) in [6.07, 6.45) is 2.73. The number of ether oxygens (including phenoxy) is 1. The first-order chi connectivity index (χ1) is 7.16. The molecular formula is C14H20O. The Kier molecular flexibility index (Phi) is 2.83. The van der Waals surface area contributed by atoms with Crippen molar-refractivity contribution in [1.29, 1.82) is 0 Å². The Labute approximate surface area is 92.5 Å². The largest absolute Gasteiger partial charge is 0.377 e. The molecule has 0 bridgehead atoms. The summed E-state index contributed by atoms with van der Waals surface area (Å²) < 4.78 is 5.80. The van der Waals surface area contributed by atoms with Crippen molar-refractivity contribution in [3.63, 3.8) is 0 Å². The van der Waals surface area contributed by atoms with Gasteiger partial charge in [0.1, 0.15) is 0 Å². The first-order valence-electron chi connectivity index (χ1n) is 5.85. The van der Waals surface area contributed by atoms with Gasteiger partial charge >= 0.3 is 0 Å². The lowest BCUT2D eigenvalue weighted by molar-refractivity contribution is 0.106. The van der Waals surface area contributed by atoms with Gasteiger partial charge in [-0.25, -0.2) is 0 Å². The van der Waals surface area contributed by atoms with Crippen LogP contribution in [0.1, 0.15) is 37.8 Å². The second kappa shape index (κ2) is 3.97. The Morgan fingerprint density at radius 2 is 2.00 bits per heavy atom. The lowest BCUT2D eigenvalue weighted by atomic mass is 9.97. The van der Waals surface area contributed by atoms with E-state index < -0.39 is 0 Å². The van der Waals surface area contributed by atoms with Crippen molar-refractivity contribution in [1.82, 2.24) is 0 Å². The van der Waals surface area contributed by atoms with Crippen LogP contribution in [0.4, 0.5) is 0 Å². The number of rotatable bonds is 4. The normalized spacial score (nSPS) is 29.1. The molecule has 0 aromatic heterocycles. The van der Waals surface area contributed by atoms with Crippen LogP contribution >= 0.6 is 0 Å². The molecule has 2 atom stereocenters. The van der Waals surface area contributed by atoms with Crippen LogP contribution in [0.15, 0.2) is 24.3 Å². The Morgan fingerprint density at radius 1 is 1.33 bits per heavy atom. The molecule has 2 unspecified atom stereocenters. The standard InChI is InChI=1S/C14H20O/c1-4-9-15-13-10-14(13,3)12-7-5-11(2)6-8-12/h5-8,13H,4,9-10H2,1-3H3. The van der Waals surface area contributed by atoms with Gasteiger partial charge in [0, 0.05) is 12.0 Å². The molecule has 1 aromatic carbocycles. The number of benzene rings is 1. The molecule has 1 nitrogen and oxygen atoms in total. The van der Waals surface area contributed by atoms with E-state index in [9.17, 15) is 0 Å². The van der Waals surface area contributed by atoms with Crippen LogP contribution in [0.2, 0.25) is 0 Å². The second-order valence-electron chi connectivity index (χ2n) is 4.85. The summed E-state index contributed by atoms with van der Waals surface area (Å²) >= 11 is 0. The van der Waals surface area contributed by atoms with E-state index in [0.717, 1.165) is 13.0 Å². The van der Waals surface area contributed by atoms with Gasteiger partial charge in [0.05, 0.1) is 6.10 Å². The van der Waals surface area contributed by atoms with Gasteiger partial charge in [-0.05, 0) is 25.3 Å². The van der Waals surface area contributed by atoms with E-state index in [1.54, 1.807) is 0 Å². The molecule has 15 heavy (non-hydrogen) atoms. The van der Waals surface area contributed by atoms with E-state index in [-0.39, 0.29) is 5.41 Å². The Bertz CT molecular complexity index is 328. The van der Waals surface area contributed by atoms with Crippen LogP contribution in [0.5, 0.6) is 0 Å². The van der Waals surface area contributed by atoms with Gasteiger partial charge in [-0.2, -0.15) is 0 Å². The molecule has 1 saturated carbocycles. The highest BCUT2D eigenvalue weighted by Crippen LogP contribution is 2.50. The fraction of sp³-hybridized carbons (Fsp3) is 0.571. The summed E-state index contributed by atoms with van der Waals surface area (Å²) in [5.41, 5.74) is 3.03. The molecule has 1 aromatic rings. The molecule has 0 heterocycles. The lowest BCUT2D eigenvalue weighted by Crippen LogP contribution is -2.10. The monoisotopic (exact) mass is 204 g/mol. The van der Waals surface area contributed by atoms with Crippen molar-refractivity contribution < 1.29 is 4.74 Å². The molecule has 0 radical (unpaired) electrons. The van der Waals surface area contributed by atoms with E-state index in [1.165, 1.54) is 17.5 Å². The van der Waals surface area contributed by atoms with Gasteiger partial charge < -0.3 is 4.74 Å². The summed E-state index contributed by atoms with van der Waals surface area (Å²) in [5.74, 6) is 0. The molecule has 0 amide bonds. The predicted octanol–water partition coefficient (Wildman–Crippen LogP) is 3.45. The van der Waals surface area contributed by atoms with Crippen molar-refractivity contribution in [3.05, 3.63) is 35.4 Å². The third-order valence-corrected chi connectivity index (χ3v) is 3.39. The van der Waals surface area contributed by atoms with E-state index in [0.29, 0.717) is 6.10 Å². The Hall–Kier alpha value is -0.820. The van der Waals surface area contributed by atoms with Crippen LogP contribution in [-0.2, 0) is 10.2 Å². The van der Waals surface area contributed by atoms with Crippen LogP contribution in [-0.4, -0.2) is 12.7 Å². The molecule has 1 aliphatic rings. The van der Waals surface area contributed by atoms with Crippen molar-refractivity contribution >= 4 is 0 Å². The summed E-state index contributed by atoms with van der Waals surface area (Å²) in [7, 11) is 0. The van der Waals surface area contributed by atoms with Gasteiger partial charge in [0.25, 0.3) is 0 Å². The summed E-state index contributed by atoms with van der Waals surface area (Å²) in [6, 6.07) is 8.86. The van der Waals surface area contributed by atoms with Gasteiger partial charge in [-0.3, -0.25) is 0 Å². The zero-order chi connectivity index (χ0) is 10.9. The number of hydrogen-bond acceptors (Lipinski definition) is 1. The number of hydrogen-bond donors (Lipinski definition) is 0. The third-order valence-electron chi connectivity index (χ3n) is 3.39. The van der Waals surface area contributed by atoms with Gasteiger partial charge in [0.2, 0.25) is 0 Å². The van der Waals surface area contributed by atoms with Gasteiger partial charge in [-0.1, -0.05) is 43.7 Å². The maximum Gasteiger partial charge on any atom is 0.0679 e. The van der Waals surface area contributed by atoms with E-state index in [4.69, 9.17) is 4.74 Å². The quantitative estimate of drug-likeness (QED) is 0.730. The fourth-order valence-electron chi connectivity index (χ4n) is 2.07. The molecule has 1 aliphatic carbocycles. The first-order valence-corrected chi connectivity index (χ1v) is 5.85. The van der Waals surface area contributed by atoms with Crippen LogP contribution in [0.3, 0.4) is 0 Å². The molecule has 2 rings (SSSR count). The Morgan fingerprint density at radius 3 is 2.60 bits per heavy atom. The van der Waals surface area contributed by atoms with Crippen LogP contribution in [0, 0.1) is 6.92 Å². The highest BCUT2D eigenvalue weighted by atomic mass is 16.5. The topological polar surface area (TPSA) is 9.23 Å². The average molecular weight is 204 g/mol. The smallest absolute Gasteiger partial charge is 0.0679 e.